The summed E-state index contributed by atoms with van der Waals surface area (Å²) in [6.45, 7) is 0.890. The quantitative estimate of drug-likeness (QED) is 0.324. The molecule has 0 aliphatic carbocycles. The summed E-state index contributed by atoms with van der Waals surface area (Å²) in [4.78, 5) is 20.9. The second kappa shape index (κ2) is 10.1. The highest BCUT2D eigenvalue weighted by molar-refractivity contribution is 5.98. The zero-order valence-electron chi connectivity index (χ0n) is 19.5. The van der Waals surface area contributed by atoms with E-state index in [1.807, 2.05) is 0 Å². The van der Waals surface area contributed by atoms with Crippen molar-refractivity contribution < 1.29 is 41.0 Å². The number of alkyl halides is 3. The molecule has 194 valence electrons. The maximum atomic E-state index is 14.0. The minimum Gasteiger partial charge on any atom is -0.494 e. The van der Waals surface area contributed by atoms with Gasteiger partial charge in [0, 0.05) is 35.0 Å². The minimum absolute atomic E-state index is 0.0124. The van der Waals surface area contributed by atoms with E-state index in [2.05, 4.69) is 15.3 Å². The largest absolute Gasteiger partial charge is 0.494 e. The lowest BCUT2D eigenvalue weighted by Gasteiger charge is -2.11. The molecular weight excluding hydrogens is 501 g/mol. The number of oxazole rings is 1. The van der Waals surface area contributed by atoms with Gasteiger partial charge in [-0.3, -0.25) is 4.79 Å². The van der Waals surface area contributed by atoms with Crippen LogP contribution in [0.15, 0.2) is 46.9 Å². The van der Waals surface area contributed by atoms with E-state index < -0.39 is 41.9 Å². The van der Waals surface area contributed by atoms with Crippen LogP contribution in [0.1, 0.15) is 40.3 Å². The molecule has 0 fully saturated rings. The molecule has 0 bridgehead atoms. The van der Waals surface area contributed by atoms with Crippen LogP contribution in [0.25, 0.3) is 22.4 Å². The number of hydrogen-bond acceptors (Lipinski definition) is 6. The summed E-state index contributed by atoms with van der Waals surface area (Å²) in [5, 5.41) is 12.3. The number of ether oxygens (including phenoxy) is 1. The van der Waals surface area contributed by atoms with Crippen LogP contribution in [0.3, 0.4) is 0 Å². The maximum Gasteiger partial charge on any atom is 0.433 e. The Morgan fingerprint density at radius 1 is 1.14 bits per heavy atom. The Hall–Kier alpha value is -4.06. The van der Waals surface area contributed by atoms with Crippen molar-refractivity contribution in [2.75, 3.05) is 13.7 Å². The smallest absolute Gasteiger partial charge is 0.433 e. The van der Waals surface area contributed by atoms with Gasteiger partial charge < -0.3 is 19.6 Å². The number of rotatable bonds is 7. The molecule has 0 saturated carbocycles. The third-order valence-electron chi connectivity index (χ3n) is 5.61. The number of hydrogen-bond donors (Lipinski definition) is 2. The predicted molar refractivity (Wildman–Crippen MR) is 122 cm³/mol. The Balaban J connectivity index is 1.75. The van der Waals surface area contributed by atoms with Crippen molar-refractivity contribution in [3.63, 3.8) is 0 Å². The third-order valence-corrected chi connectivity index (χ3v) is 5.61. The molecule has 0 saturated heterocycles. The fourth-order valence-corrected chi connectivity index (χ4v) is 3.65. The van der Waals surface area contributed by atoms with Crippen LogP contribution in [0, 0.1) is 11.6 Å². The van der Waals surface area contributed by atoms with E-state index in [0.717, 1.165) is 12.1 Å². The molecule has 0 unspecified atom stereocenters. The number of aliphatic hydroxyl groups is 1. The fraction of sp³-hybridized carbons (Fsp3) is 0.240. The number of aromatic nitrogens is 2. The summed E-state index contributed by atoms with van der Waals surface area (Å²) in [6, 6.07) is 7.79. The molecule has 4 rings (SSSR count). The lowest BCUT2D eigenvalue weighted by atomic mass is 10.1. The van der Waals surface area contributed by atoms with Crippen molar-refractivity contribution >= 4 is 16.8 Å². The van der Waals surface area contributed by atoms with Gasteiger partial charge in [0.1, 0.15) is 34.4 Å². The van der Waals surface area contributed by atoms with E-state index >= 15 is 0 Å². The Labute approximate surface area is 206 Å². The lowest BCUT2D eigenvalue weighted by Crippen LogP contribution is -2.25. The van der Waals surface area contributed by atoms with Crippen molar-refractivity contribution in [2.45, 2.75) is 25.6 Å². The fourth-order valence-electron chi connectivity index (χ4n) is 3.65. The molecule has 1 amide bonds. The summed E-state index contributed by atoms with van der Waals surface area (Å²) in [5.74, 6) is -3.06. The molecule has 37 heavy (non-hydrogen) atoms. The van der Waals surface area contributed by atoms with Crippen molar-refractivity contribution in [2.24, 2.45) is 0 Å². The van der Waals surface area contributed by atoms with Crippen molar-refractivity contribution in [1.29, 1.82) is 0 Å². The van der Waals surface area contributed by atoms with E-state index in [4.69, 9.17) is 9.15 Å². The number of carbonyl (C=O) groups is 1. The lowest BCUT2D eigenvalue weighted by molar-refractivity contribution is -0.140. The Morgan fingerprint density at radius 2 is 1.89 bits per heavy atom. The second-order valence-electron chi connectivity index (χ2n) is 8.14. The normalized spacial score (nSPS) is 12.5. The number of pyridine rings is 1. The first-order valence-electron chi connectivity index (χ1n) is 10.9. The Morgan fingerprint density at radius 3 is 2.54 bits per heavy atom. The molecule has 2 aromatic carbocycles. The second-order valence-corrected chi connectivity index (χ2v) is 8.14. The van der Waals surface area contributed by atoms with Crippen molar-refractivity contribution in [1.82, 2.24) is 15.3 Å². The highest BCUT2D eigenvalue weighted by Crippen LogP contribution is 2.37. The third kappa shape index (κ3) is 5.24. The summed E-state index contributed by atoms with van der Waals surface area (Å²) in [6.07, 6.45) is -4.68. The van der Waals surface area contributed by atoms with Crippen LogP contribution in [-0.2, 0) is 12.7 Å². The molecule has 2 heterocycles. The number of methoxy groups -OCH3 is 1. The van der Waals surface area contributed by atoms with Crippen LogP contribution < -0.4 is 10.1 Å². The zero-order valence-corrected chi connectivity index (χ0v) is 19.5. The van der Waals surface area contributed by atoms with Gasteiger partial charge >= 0.3 is 6.18 Å². The highest BCUT2D eigenvalue weighted by Gasteiger charge is 2.33. The van der Waals surface area contributed by atoms with Gasteiger partial charge in [0.05, 0.1) is 13.7 Å². The number of fused-ring (bicyclic) bond motifs is 1. The average molecular weight is 521 g/mol. The summed E-state index contributed by atoms with van der Waals surface area (Å²) in [5.41, 5.74) is -1.16. The Kier molecular flexibility index (Phi) is 7.12. The number of nitrogens with zero attached hydrogens (tertiary/aromatic N) is 2. The van der Waals surface area contributed by atoms with E-state index in [9.17, 15) is 31.9 Å². The van der Waals surface area contributed by atoms with Crippen LogP contribution in [0.4, 0.5) is 22.0 Å². The molecule has 0 aliphatic rings. The highest BCUT2D eigenvalue weighted by atomic mass is 19.4. The van der Waals surface area contributed by atoms with Gasteiger partial charge in [0.25, 0.3) is 5.91 Å². The van der Waals surface area contributed by atoms with Gasteiger partial charge in [-0.15, -0.1) is 0 Å². The summed E-state index contributed by atoms with van der Waals surface area (Å²) >= 11 is 0. The molecule has 7 nitrogen and oxygen atoms in total. The van der Waals surface area contributed by atoms with Crippen molar-refractivity contribution in [3.8, 4) is 17.2 Å². The van der Waals surface area contributed by atoms with E-state index in [0.29, 0.717) is 6.07 Å². The average Bonchev–Trinajstić information content (AvgIpc) is 3.31. The molecule has 4 aromatic rings. The van der Waals surface area contributed by atoms with Crippen LogP contribution >= 0.6 is 0 Å². The number of nitrogens with one attached hydrogen (secondary N) is 1. The molecule has 0 aliphatic heterocycles. The Bertz CT molecular complexity index is 1470. The van der Waals surface area contributed by atoms with E-state index in [1.165, 1.54) is 31.4 Å². The number of carbonyl (C=O) groups excluding carboxylic acids is 1. The maximum absolute atomic E-state index is 14.0. The predicted octanol–water partition coefficient (Wildman–Crippen LogP) is 5.22. The first kappa shape index (κ1) is 26.0. The van der Waals surface area contributed by atoms with Crippen LogP contribution in [0.5, 0.6) is 5.75 Å². The van der Waals surface area contributed by atoms with E-state index in [-0.39, 0.29) is 51.7 Å². The molecule has 12 heteroatoms. The summed E-state index contributed by atoms with van der Waals surface area (Å²) < 4.78 is 77.8. The summed E-state index contributed by atoms with van der Waals surface area (Å²) in [7, 11) is 1.29. The van der Waals surface area contributed by atoms with Gasteiger partial charge in [-0.1, -0.05) is 13.0 Å². The van der Waals surface area contributed by atoms with Gasteiger partial charge in [0.2, 0.25) is 5.89 Å². The first-order valence-corrected chi connectivity index (χ1v) is 10.9. The SMILES string of the molecule is COc1ccc(-c2nc(C(=O)NCc3ccc(F)cc3F)c([C@@H](C)CO)o2)c2ccc(C(F)(F)F)nc12. The van der Waals surface area contributed by atoms with Crippen LogP contribution in [0.2, 0.25) is 0 Å². The van der Waals surface area contributed by atoms with Gasteiger partial charge in [-0.2, -0.15) is 13.2 Å². The molecule has 2 aromatic heterocycles. The van der Waals surface area contributed by atoms with Gasteiger partial charge in [-0.25, -0.2) is 18.7 Å². The molecule has 1 atom stereocenters. The van der Waals surface area contributed by atoms with Crippen LogP contribution in [-0.4, -0.2) is 34.7 Å². The topological polar surface area (TPSA) is 97.5 Å². The molecule has 0 spiro atoms. The number of amides is 1. The molecule has 2 N–H and O–H groups in total. The first-order chi connectivity index (χ1) is 17.5. The number of halogens is 5. The molecular formula is C25H20F5N3O4. The monoisotopic (exact) mass is 521 g/mol. The van der Waals surface area contributed by atoms with E-state index in [1.54, 1.807) is 6.92 Å². The zero-order chi connectivity index (χ0) is 26.9. The van der Waals surface area contributed by atoms with Gasteiger partial charge in [-0.05, 0) is 30.3 Å². The molecule has 0 radical (unpaired) electrons. The standard InChI is InChI=1S/C25H20F5N3O4/c1-12(11-34)22-21(23(35)31-10-13-3-4-14(26)9-17(13)27)33-24(37-22)16-5-7-18(36-2)20-15(16)6-8-19(32-20)25(28,29)30/h3-9,12,34H,10-11H2,1-2H3,(H,31,35)/t12-/m0/s1. The number of benzene rings is 2. The minimum atomic E-state index is -4.68. The number of aliphatic hydroxyl groups excluding tert-OH is 1. The van der Waals surface area contributed by atoms with Gasteiger partial charge in [0.15, 0.2) is 5.69 Å². The van der Waals surface area contributed by atoms with Crippen molar-refractivity contribution in [3.05, 3.63) is 76.8 Å².